The molecule has 1 saturated heterocycles. The van der Waals surface area contributed by atoms with E-state index < -0.39 is 22.8 Å². The summed E-state index contributed by atoms with van der Waals surface area (Å²) < 4.78 is 26.1. The molecule has 6 nitrogen and oxygen atoms in total. The predicted octanol–water partition coefficient (Wildman–Crippen LogP) is 3.56. The van der Waals surface area contributed by atoms with Crippen molar-refractivity contribution in [1.29, 1.82) is 0 Å². The van der Waals surface area contributed by atoms with Crippen LogP contribution in [-0.4, -0.2) is 40.2 Å². The van der Waals surface area contributed by atoms with Gasteiger partial charge in [0.05, 0.1) is 11.4 Å². The van der Waals surface area contributed by atoms with E-state index in [4.69, 9.17) is 15.2 Å². The smallest absolute Gasteiger partial charge is 0.410 e. The third kappa shape index (κ3) is 3.80. The van der Waals surface area contributed by atoms with Gasteiger partial charge in [-0.1, -0.05) is 0 Å². The topological polar surface area (TPSA) is 77.7 Å². The van der Waals surface area contributed by atoms with E-state index in [1.807, 2.05) is 34.6 Å². The van der Waals surface area contributed by atoms with Crippen molar-refractivity contribution in [1.82, 2.24) is 9.88 Å². The zero-order chi connectivity index (χ0) is 20.2. The van der Waals surface area contributed by atoms with E-state index in [0.29, 0.717) is 31.6 Å². The van der Waals surface area contributed by atoms with Gasteiger partial charge in [-0.15, -0.1) is 0 Å². The van der Waals surface area contributed by atoms with Gasteiger partial charge in [-0.25, -0.2) is 9.18 Å². The number of carbonyl (C=O) groups is 1. The molecule has 1 aromatic rings. The van der Waals surface area contributed by atoms with Crippen molar-refractivity contribution >= 4 is 6.09 Å². The number of hydrogen-bond donors (Lipinski definition) is 1. The fraction of sp³-hybridized carbons (Fsp3) is 0.700. The van der Waals surface area contributed by atoms with Crippen LogP contribution in [0.4, 0.5) is 9.18 Å². The third-order valence-electron chi connectivity index (χ3n) is 5.14. The van der Waals surface area contributed by atoms with E-state index in [9.17, 15) is 9.18 Å². The lowest BCUT2D eigenvalue weighted by Gasteiger charge is -2.40. The van der Waals surface area contributed by atoms with E-state index in [1.165, 1.54) is 6.07 Å². The first kappa shape index (κ1) is 20.0. The highest BCUT2D eigenvalue weighted by atomic mass is 19.1. The molecule has 2 aliphatic heterocycles. The maximum absolute atomic E-state index is 14.2. The minimum atomic E-state index is -0.677. The van der Waals surface area contributed by atoms with E-state index in [2.05, 4.69) is 4.98 Å². The van der Waals surface area contributed by atoms with Crippen molar-refractivity contribution in [2.24, 2.45) is 5.73 Å². The van der Waals surface area contributed by atoms with E-state index in [-0.39, 0.29) is 11.9 Å². The number of aryl methyl sites for hydroxylation is 1. The first-order valence-corrected chi connectivity index (χ1v) is 9.44. The predicted molar refractivity (Wildman–Crippen MR) is 99.7 cm³/mol. The molecule has 0 aromatic carbocycles. The molecule has 0 aliphatic carbocycles. The van der Waals surface area contributed by atoms with Crippen LogP contribution in [0.15, 0.2) is 6.07 Å². The van der Waals surface area contributed by atoms with Crippen LogP contribution in [-0.2, 0) is 15.1 Å². The molecule has 3 heterocycles. The highest BCUT2D eigenvalue weighted by Crippen LogP contribution is 2.51. The second kappa shape index (κ2) is 6.41. The summed E-state index contributed by atoms with van der Waals surface area (Å²) >= 11 is 0. The van der Waals surface area contributed by atoms with Crippen LogP contribution in [0.2, 0.25) is 0 Å². The summed E-state index contributed by atoms with van der Waals surface area (Å²) in [5.41, 5.74) is 6.29. The number of carbonyl (C=O) groups excluding carboxylic acids is 1. The van der Waals surface area contributed by atoms with Crippen molar-refractivity contribution in [2.45, 2.75) is 77.2 Å². The molecule has 1 spiro atoms. The van der Waals surface area contributed by atoms with Gasteiger partial charge in [-0.3, -0.25) is 4.98 Å². The number of ether oxygens (including phenoxy) is 2. The molecule has 150 valence electrons. The Labute approximate surface area is 160 Å². The number of nitrogens with two attached hydrogens (primary N) is 1. The Kier molecular flexibility index (Phi) is 4.75. The van der Waals surface area contributed by atoms with Crippen molar-refractivity contribution in [3.8, 4) is 0 Å². The standard InChI is InChI=1S/C20H30FN3O3/c1-12-14(21)11-13-15(23-12)20(26-16(13)19(5,6)22)7-9-24(10-8-20)17(25)27-18(2,3)4/h11,16H,7-10,22H2,1-6H3/t16-/m0/s1. The van der Waals surface area contributed by atoms with Gasteiger partial charge in [0, 0.05) is 24.2 Å². The number of piperidine rings is 1. The molecule has 0 unspecified atom stereocenters. The Balaban J connectivity index is 1.86. The number of fused-ring (bicyclic) bond motifs is 2. The Morgan fingerprint density at radius 1 is 1.33 bits per heavy atom. The number of likely N-dealkylation sites (tertiary alicyclic amines) is 1. The van der Waals surface area contributed by atoms with Gasteiger partial charge in [-0.05, 0) is 60.5 Å². The number of hydrogen-bond acceptors (Lipinski definition) is 5. The number of amides is 1. The van der Waals surface area contributed by atoms with Gasteiger partial charge < -0.3 is 20.1 Å². The van der Waals surface area contributed by atoms with Crippen LogP contribution in [0.3, 0.4) is 0 Å². The number of nitrogens with zero attached hydrogens (tertiary/aromatic N) is 2. The van der Waals surface area contributed by atoms with E-state index >= 15 is 0 Å². The first-order valence-electron chi connectivity index (χ1n) is 9.44. The van der Waals surface area contributed by atoms with Gasteiger partial charge in [0.2, 0.25) is 0 Å². The van der Waals surface area contributed by atoms with Crippen LogP contribution < -0.4 is 5.73 Å². The van der Waals surface area contributed by atoms with Crippen LogP contribution in [0, 0.1) is 12.7 Å². The van der Waals surface area contributed by atoms with Crippen LogP contribution >= 0.6 is 0 Å². The van der Waals surface area contributed by atoms with Crippen molar-refractivity contribution in [3.63, 3.8) is 0 Å². The summed E-state index contributed by atoms with van der Waals surface area (Å²) in [7, 11) is 0. The van der Waals surface area contributed by atoms with E-state index in [0.717, 1.165) is 11.3 Å². The number of rotatable bonds is 1. The van der Waals surface area contributed by atoms with Crippen LogP contribution in [0.25, 0.3) is 0 Å². The molecule has 3 rings (SSSR count). The fourth-order valence-corrected chi connectivity index (χ4v) is 3.79. The summed E-state index contributed by atoms with van der Waals surface area (Å²) in [6.45, 7) is 11.9. The highest BCUT2D eigenvalue weighted by molar-refractivity contribution is 5.68. The minimum Gasteiger partial charge on any atom is -0.444 e. The number of pyridine rings is 1. The maximum atomic E-state index is 14.2. The molecule has 1 atom stereocenters. The quantitative estimate of drug-likeness (QED) is 0.807. The van der Waals surface area contributed by atoms with Crippen molar-refractivity contribution in [2.75, 3.05) is 13.1 Å². The van der Waals surface area contributed by atoms with Gasteiger partial charge in [0.25, 0.3) is 0 Å². The Bertz CT molecular complexity index is 744. The second-order valence-corrected chi connectivity index (χ2v) is 9.27. The molecule has 1 fully saturated rings. The second-order valence-electron chi connectivity index (χ2n) is 9.27. The largest absolute Gasteiger partial charge is 0.444 e. The summed E-state index contributed by atoms with van der Waals surface area (Å²) in [5.74, 6) is -0.352. The SMILES string of the molecule is Cc1nc2c(cc1F)[C@@H](C(C)(C)N)OC21CCN(C(=O)OC(C)(C)C)CC1. The Hall–Kier alpha value is -1.73. The van der Waals surface area contributed by atoms with Gasteiger partial charge in [0.15, 0.2) is 0 Å². The lowest BCUT2D eigenvalue weighted by Crippen LogP contribution is -2.48. The zero-order valence-corrected chi connectivity index (χ0v) is 17.1. The van der Waals surface area contributed by atoms with Gasteiger partial charge >= 0.3 is 6.09 Å². The molecule has 2 N–H and O–H groups in total. The monoisotopic (exact) mass is 379 g/mol. The molecular formula is C20H30FN3O3. The number of halogens is 1. The first-order chi connectivity index (χ1) is 12.3. The van der Waals surface area contributed by atoms with Crippen LogP contribution in [0.1, 0.15) is 70.5 Å². The summed E-state index contributed by atoms with van der Waals surface area (Å²) in [6, 6.07) is 1.51. The summed E-state index contributed by atoms with van der Waals surface area (Å²) in [5, 5.41) is 0. The average molecular weight is 379 g/mol. The lowest BCUT2D eigenvalue weighted by molar-refractivity contribution is -0.128. The van der Waals surface area contributed by atoms with Gasteiger partial charge in [-0.2, -0.15) is 0 Å². The molecule has 0 radical (unpaired) electrons. The maximum Gasteiger partial charge on any atom is 0.410 e. The zero-order valence-electron chi connectivity index (χ0n) is 17.1. The van der Waals surface area contributed by atoms with Gasteiger partial charge in [0.1, 0.15) is 23.1 Å². The molecule has 27 heavy (non-hydrogen) atoms. The molecule has 2 aliphatic rings. The molecule has 0 saturated carbocycles. The highest BCUT2D eigenvalue weighted by Gasteiger charge is 2.52. The Morgan fingerprint density at radius 3 is 2.44 bits per heavy atom. The molecule has 7 heteroatoms. The van der Waals surface area contributed by atoms with Crippen molar-refractivity contribution in [3.05, 3.63) is 28.8 Å². The molecular weight excluding hydrogens is 349 g/mol. The molecule has 1 amide bonds. The molecule has 1 aromatic heterocycles. The molecule has 0 bridgehead atoms. The van der Waals surface area contributed by atoms with Crippen molar-refractivity contribution < 1.29 is 18.7 Å². The fourth-order valence-electron chi connectivity index (χ4n) is 3.79. The third-order valence-corrected chi connectivity index (χ3v) is 5.14. The minimum absolute atomic E-state index is 0.325. The van der Waals surface area contributed by atoms with E-state index in [1.54, 1.807) is 11.8 Å². The van der Waals surface area contributed by atoms with Crippen LogP contribution in [0.5, 0.6) is 0 Å². The normalized spacial score (nSPS) is 22.1. The average Bonchev–Trinajstić information content (AvgIpc) is 2.81. The summed E-state index contributed by atoms with van der Waals surface area (Å²) in [6.07, 6.45) is 0.381. The summed E-state index contributed by atoms with van der Waals surface area (Å²) in [4.78, 5) is 18.6. The Morgan fingerprint density at radius 2 is 1.93 bits per heavy atom. The lowest BCUT2D eigenvalue weighted by atomic mass is 9.85. The number of aromatic nitrogens is 1.